The number of aromatic nitrogens is 2. The van der Waals surface area contributed by atoms with Crippen molar-refractivity contribution >= 4 is 23.3 Å². The van der Waals surface area contributed by atoms with E-state index in [1.807, 2.05) is 0 Å². The van der Waals surface area contributed by atoms with Gasteiger partial charge in [-0.15, -0.1) is 13.2 Å². The predicted octanol–water partition coefficient (Wildman–Crippen LogP) is 3.64. The van der Waals surface area contributed by atoms with Gasteiger partial charge >= 0.3 is 6.36 Å². The van der Waals surface area contributed by atoms with Crippen molar-refractivity contribution in [1.82, 2.24) is 15.3 Å². The van der Waals surface area contributed by atoms with Crippen LogP contribution in [0.2, 0.25) is 0 Å². The minimum Gasteiger partial charge on any atom is -0.406 e. The number of anilines is 2. The number of halogens is 3. The summed E-state index contributed by atoms with van der Waals surface area (Å²) in [4.78, 5) is 8.31. The Kier molecular flexibility index (Phi) is 5.58. The van der Waals surface area contributed by atoms with Gasteiger partial charge in [-0.2, -0.15) is 0 Å². The summed E-state index contributed by atoms with van der Waals surface area (Å²) in [6, 6.07) is 5.31. The molecule has 132 valence electrons. The first-order valence-corrected chi connectivity index (χ1v) is 7.16. The number of nitrogens with zero attached hydrogens (tertiary/aromatic N) is 2. The van der Waals surface area contributed by atoms with Crippen LogP contribution in [0.15, 0.2) is 36.8 Å². The highest BCUT2D eigenvalue weighted by Crippen LogP contribution is 2.26. The number of ether oxygens (including phenoxy) is 1. The fourth-order valence-corrected chi connectivity index (χ4v) is 2.08. The largest absolute Gasteiger partial charge is 0.573 e. The van der Waals surface area contributed by atoms with Gasteiger partial charge in [0, 0.05) is 36.3 Å². The Labute approximate surface area is 142 Å². The van der Waals surface area contributed by atoms with Crippen LogP contribution in [-0.4, -0.2) is 29.6 Å². The molecule has 2 aromatic rings. The fraction of sp³-hybridized carbons (Fsp3) is 0.188. The number of rotatable bonds is 6. The van der Waals surface area contributed by atoms with E-state index in [9.17, 15) is 13.2 Å². The van der Waals surface area contributed by atoms with Crippen molar-refractivity contribution in [1.29, 1.82) is 5.41 Å². The van der Waals surface area contributed by atoms with E-state index >= 15 is 0 Å². The van der Waals surface area contributed by atoms with Crippen LogP contribution >= 0.6 is 0 Å². The molecular weight excluding hydrogens is 335 g/mol. The third kappa shape index (κ3) is 4.93. The second-order valence-electron chi connectivity index (χ2n) is 4.93. The van der Waals surface area contributed by atoms with E-state index in [1.54, 1.807) is 20.2 Å². The summed E-state index contributed by atoms with van der Waals surface area (Å²) in [5.41, 5.74) is 2.37. The van der Waals surface area contributed by atoms with Crippen molar-refractivity contribution in [3.8, 4) is 5.75 Å². The lowest BCUT2D eigenvalue weighted by Gasteiger charge is -2.13. The van der Waals surface area contributed by atoms with E-state index in [4.69, 9.17) is 5.41 Å². The minimum absolute atomic E-state index is 0.304. The van der Waals surface area contributed by atoms with Crippen LogP contribution in [0.1, 0.15) is 11.3 Å². The van der Waals surface area contributed by atoms with Crippen LogP contribution in [0.3, 0.4) is 0 Å². The molecule has 0 atom stereocenters. The Morgan fingerprint density at radius 1 is 1.20 bits per heavy atom. The van der Waals surface area contributed by atoms with Gasteiger partial charge in [-0.3, -0.25) is 0 Å². The van der Waals surface area contributed by atoms with E-state index in [0.717, 1.165) is 0 Å². The third-order valence-corrected chi connectivity index (χ3v) is 3.16. The first-order chi connectivity index (χ1) is 11.8. The molecule has 0 amide bonds. The van der Waals surface area contributed by atoms with Gasteiger partial charge in [0.25, 0.3) is 0 Å². The quantitative estimate of drug-likeness (QED) is 0.692. The molecule has 0 radical (unpaired) electrons. The molecule has 9 heteroatoms. The van der Waals surface area contributed by atoms with Crippen LogP contribution in [-0.2, 0) is 0 Å². The lowest BCUT2D eigenvalue weighted by atomic mass is 10.1. The standard InChI is InChI=1S/C16H16F3N5O/c1-10-14(11(7-20)8-21-2)22-9-23-15(10)24-12-3-5-13(6-4-12)25-16(17,18)19/h3-9,20-21H,1-2H3,(H,22,23,24)/b11-8+,20-7?. The van der Waals surface area contributed by atoms with E-state index < -0.39 is 6.36 Å². The second-order valence-corrected chi connectivity index (χ2v) is 4.93. The van der Waals surface area contributed by atoms with Gasteiger partial charge < -0.3 is 20.8 Å². The second kappa shape index (κ2) is 7.65. The molecule has 6 nitrogen and oxygen atoms in total. The topological polar surface area (TPSA) is 82.9 Å². The number of hydrogen-bond acceptors (Lipinski definition) is 6. The van der Waals surface area contributed by atoms with E-state index in [-0.39, 0.29) is 5.75 Å². The monoisotopic (exact) mass is 351 g/mol. The van der Waals surface area contributed by atoms with Crippen molar-refractivity contribution in [2.45, 2.75) is 13.3 Å². The maximum atomic E-state index is 12.2. The fourth-order valence-electron chi connectivity index (χ4n) is 2.08. The number of benzene rings is 1. The van der Waals surface area contributed by atoms with Crippen molar-refractivity contribution < 1.29 is 17.9 Å². The highest BCUT2D eigenvalue weighted by molar-refractivity contribution is 6.08. The lowest BCUT2D eigenvalue weighted by Crippen LogP contribution is -2.17. The zero-order valence-electron chi connectivity index (χ0n) is 13.5. The van der Waals surface area contributed by atoms with Gasteiger partial charge in [0.1, 0.15) is 17.9 Å². The van der Waals surface area contributed by atoms with E-state index in [0.29, 0.717) is 28.3 Å². The van der Waals surface area contributed by atoms with Crippen molar-refractivity contribution in [2.75, 3.05) is 12.4 Å². The number of nitrogens with one attached hydrogen (secondary N) is 3. The number of alkyl halides is 3. The number of allylic oxidation sites excluding steroid dienone is 1. The maximum absolute atomic E-state index is 12.2. The Morgan fingerprint density at radius 2 is 1.88 bits per heavy atom. The summed E-state index contributed by atoms with van der Waals surface area (Å²) in [7, 11) is 1.71. The summed E-state index contributed by atoms with van der Waals surface area (Å²) in [5.74, 6) is 0.180. The summed E-state index contributed by atoms with van der Waals surface area (Å²) in [6.07, 6.45) is -0.580. The minimum atomic E-state index is -4.73. The molecule has 2 rings (SSSR count). The average molecular weight is 351 g/mol. The Hall–Kier alpha value is -3.10. The predicted molar refractivity (Wildman–Crippen MR) is 89.0 cm³/mol. The highest BCUT2D eigenvalue weighted by Gasteiger charge is 2.30. The van der Waals surface area contributed by atoms with Crippen LogP contribution < -0.4 is 15.4 Å². The zero-order chi connectivity index (χ0) is 18.4. The maximum Gasteiger partial charge on any atom is 0.573 e. The smallest absolute Gasteiger partial charge is 0.406 e. The van der Waals surface area contributed by atoms with Crippen molar-refractivity contribution in [3.63, 3.8) is 0 Å². The van der Waals surface area contributed by atoms with Gasteiger partial charge in [0.05, 0.1) is 5.69 Å². The van der Waals surface area contributed by atoms with Crippen LogP contribution in [0.5, 0.6) is 5.75 Å². The van der Waals surface area contributed by atoms with Gasteiger partial charge in [0.2, 0.25) is 0 Å². The first kappa shape index (κ1) is 18.2. The van der Waals surface area contributed by atoms with Crippen LogP contribution in [0.4, 0.5) is 24.7 Å². The normalized spacial score (nSPS) is 11.8. The first-order valence-electron chi connectivity index (χ1n) is 7.16. The van der Waals surface area contributed by atoms with Crippen molar-refractivity contribution in [2.24, 2.45) is 0 Å². The molecule has 0 aliphatic carbocycles. The average Bonchev–Trinajstić information content (AvgIpc) is 2.55. The molecule has 0 bridgehead atoms. The van der Waals surface area contributed by atoms with E-state index in [2.05, 4.69) is 25.3 Å². The van der Waals surface area contributed by atoms with Crippen LogP contribution in [0.25, 0.3) is 5.57 Å². The number of hydrogen-bond donors (Lipinski definition) is 3. The highest BCUT2D eigenvalue weighted by atomic mass is 19.4. The zero-order valence-corrected chi connectivity index (χ0v) is 13.5. The van der Waals surface area contributed by atoms with Gasteiger partial charge in [0.15, 0.2) is 0 Å². The molecule has 1 aromatic carbocycles. The molecule has 1 heterocycles. The SMILES string of the molecule is CN/C=C(\C=N)c1ncnc(Nc2ccc(OC(F)(F)F)cc2)c1C. The molecule has 0 saturated carbocycles. The lowest BCUT2D eigenvalue weighted by molar-refractivity contribution is -0.274. The molecule has 3 N–H and O–H groups in total. The molecule has 1 aromatic heterocycles. The Balaban J connectivity index is 2.23. The molecule has 0 spiro atoms. The molecule has 0 aliphatic heterocycles. The summed E-state index contributed by atoms with van der Waals surface area (Å²) >= 11 is 0. The third-order valence-electron chi connectivity index (χ3n) is 3.16. The van der Waals surface area contributed by atoms with E-state index in [1.165, 1.54) is 36.8 Å². The summed E-state index contributed by atoms with van der Waals surface area (Å²) in [5, 5.41) is 13.3. The molecule has 0 saturated heterocycles. The Morgan fingerprint density at radius 3 is 2.44 bits per heavy atom. The molecule has 0 aliphatic rings. The van der Waals surface area contributed by atoms with Gasteiger partial charge in [-0.05, 0) is 31.2 Å². The summed E-state index contributed by atoms with van der Waals surface area (Å²) in [6.45, 7) is 1.78. The van der Waals surface area contributed by atoms with Crippen molar-refractivity contribution in [3.05, 3.63) is 48.1 Å². The van der Waals surface area contributed by atoms with Crippen LogP contribution in [0, 0.1) is 12.3 Å². The molecule has 0 unspecified atom stereocenters. The molecule has 25 heavy (non-hydrogen) atoms. The molecule has 0 fully saturated rings. The molecular formula is C16H16F3N5O. The van der Waals surface area contributed by atoms with Gasteiger partial charge in [-0.1, -0.05) is 0 Å². The Bertz CT molecular complexity index is 772. The van der Waals surface area contributed by atoms with Gasteiger partial charge in [-0.25, -0.2) is 9.97 Å². The summed E-state index contributed by atoms with van der Waals surface area (Å²) < 4.78 is 40.4.